The number of hydrogen-bond acceptors (Lipinski definition) is 6. The van der Waals surface area contributed by atoms with E-state index < -0.39 is 17.1 Å². The zero-order valence-electron chi connectivity index (χ0n) is 11.4. The number of benzene rings is 1. The summed E-state index contributed by atoms with van der Waals surface area (Å²) in [5, 5.41) is 20.5. The van der Waals surface area contributed by atoms with E-state index in [9.17, 15) is 15.2 Å². The second-order valence-corrected chi connectivity index (χ2v) is 5.61. The normalized spacial score (nSPS) is 24.4. The van der Waals surface area contributed by atoms with E-state index in [0.717, 1.165) is 0 Å². The van der Waals surface area contributed by atoms with Gasteiger partial charge in [-0.2, -0.15) is 0 Å². The van der Waals surface area contributed by atoms with Crippen molar-refractivity contribution in [1.29, 1.82) is 0 Å². The maximum atomic E-state index is 10.8. The molecule has 1 aliphatic carbocycles. The lowest BCUT2D eigenvalue weighted by Crippen LogP contribution is -2.55. The summed E-state index contributed by atoms with van der Waals surface area (Å²) in [7, 11) is 1.56. The molecule has 1 aromatic carbocycles. The fourth-order valence-corrected chi connectivity index (χ4v) is 2.52. The number of aliphatic hydroxyl groups is 1. The number of hydrogen-bond donors (Lipinski definition) is 1. The molecular formula is C13H16BrNO6. The highest BCUT2D eigenvalue weighted by atomic mass is 79.9. The quantitative estimate of drug-likeness (QED) is 0.453. The summed E-state index contributed by atoms with van der Waals surface area (Å²) in [4.78, 5) is 10.3. The van der Waals surface area contributed by atoms with Gasteiger partial charge in [-0.15, -0.1) is 0 Å². The highest BCUT2D eigenvalue weighted by Gasteiger charge is 2.43. The lowest BCUT2D eigenvalue weighted by atomic mass is 9.88. The average molecular weight is 362 g/mol. The Morgan fingerprint density at radius 2 is 2.19 bits per heavy atom. The van der Waals surface area contributed by atoms with Gasteiger partial charge in [-0.3, -0.25) is 10.1 Å². The minimum atomic E-state index is -0.589. The molecule has 2 rings (SSSR count). The molecule has 7 nitrogen and oxygen atoms in total. The molecule has 8 heteroatoms. The molecule has 0 spiro atoms. The molecule has 1 saturated carbocycles. The van der Waals surface area contributed by atoms with Crippen LogP contribution >= 0.6 is 15.9 Å². The summed E-state index contributed by atoms with van der Waals surface area (Å²) < 4.78 is 16.6. The van der Waals surface area contributed by atoms with Crippen molar-refractivity contribution in [2.75, 3.05) is 20.3 Å². The van der Waals surface area contributed by atoms with Gasteiger partial charge in [-0.25, -0.2) is 0 Å². The molecule has 3 atom stereocenters. The molecule has 116 valence electrons. The summed E-state index contributed by atoms with van der Waals surface area (Å²) in [6.45, 7) is 0.787. The van der Waals surface area contributed by atoms with Gasteiger partial charge < -0.3 is 19.3 Å². The van der Waals surface area contributed by atoms with Crippen LogP contribution in [0.4, 0.5) is 5.69 Å². The Labute approximate surface area is 130 Å². The van der Waals surface area contributed by atoms with Crippen LogP contribution in [0.1, 0.15) is 6.42 Å². The predicted octanol–water partition coefficient (Wildman–Crippen LogP) is 1.90. The average Bonchev–Trinajstić information content (AvgIpc) is 2.42. The Morgan fingerprint density at radius 1 is 1.43 bits per heavy atom. The van der Waals surface area contributed by atoms with Crippen molar-refractivity contribution in [2.24, 2.45) is 0 Å². The molecule has 21 heavy (non-hydrogen) atoms. The van der Waals surface area contributed by atoms with Crippen LogP contribution in [-0.2, 0) is 9.47 Å². The predicted molar refractivity (Wildman–Crippen MR) is 77.5 cm³/mol. The highest BCUT2D eigenvalue weighted by Crippen LogP contribution is 2.32. The molecule has 0 bridgehead atoms. The third-order valence-corrected chi connectivity index (χ3v) is 3.63. The first-order valence-electron chi connectivity index (χ1n) is 6.41. The Bertz CT molecular complexity index is 511. The van der Waals surface area contributed by atoms with E-state index in [-0.39, 0.29) is 11.8 Å². The van der Waals surface area contributed by atoms with Crippen LogP contribution in [0.2, 0.25) is 0 Å². The van der Waals surface area contributed by atoms with E-state index in [0.29, 0.717) is 29.9 Å². The molecule has 1 fully saturated rings. The smallest absolute Gasteiger partial charge is 0.274 e. The highest BCUT2D eigenvalue weighted by molar-refractivity contribution is 9.10. The van der Waals surface area contributed by atoms with E-state index in [1.807, 2.05) is 0 Å². The number of halogens is 1. The first kappa shape index (κ1) is 16.2. The summed E-state index contributed by atoms with van der Waals surface area (Å²) in [5.41, 5.74) is -0.0592. The Morgan fingerprint density at radius 3 is 2.81 bits per heavy atom. The van der Waals surface area contributed by atoms with Crippen LogP contribution in [-0.4, -0.2) is 48.7 Å². The topological polar surface area (TPSA) is 91.1 Å². The molecule has 1 aliphatic rings. The van der Waals surface area contributed by atoms with Gasteiger partial charge in [0, 0.05) is 24.1 Å². The summed E-state index contributed by atoms with van der Waals surface area (Å²) in [6, 6.07) is 4.39. The maximum Gasteiger partial charge on any atom is 0.274 e. The molecule has 0 aromatic heterocycles. The largest absolute Gasteiger partial charge is 0.487 e. The maximum absolute atomic E-state index is 10.8. The first-order chi connectivity index (χ1) is 10.0. The standard InChI is InChI=1S/C13H16BrNO6/c1-19-2-3-20-13-11(16)7-12(13)21-10-5-8(14)4-9(6-10)15(17)18/h4-6,11-13,16H,2-3,7H2,1H3. The van der Waals surface area contributed by atoms with E-state index in [1.54, 1.807) is 13.2 Å². The van der Waals surface area contributed by atoms with E-state index in [4.69, 9.17) is 14.2 Å². The number of nitro benzene ring substituents is 1. The Kier molecular flexibility index (Phi) is 5.51. The van der Waals surface area contributed by atoms with Crippen LogP contribution in [0.15, 0.2) is 22.7 Å². The Hall–Kier alpha value is -1.22. The van der Waals surface area contributed by atoms with Crippen molar-refractivity contribution in [1.82, 2.24) is 0 Å². The molecule has 0 radical (unpaired) electrons. The van der Waals surface area contributed by atoms with Gasteiger partial charge in [0.2, 0.25) is 0 Å². The van der Waals surface area contributed by atoms with E-state index in [2.05, 4.69) is 15.9 Å². The van der Waals surface area contributed by atoms with E-state index >= 15 is 0 Å². The monoisotopic (exact) mass is 361 g/mol. The summed E-state index contributed by atoms with van der Waals surface area (Å²) in [5.74, 6) is 0.369. The van der Waals surface area contributed by atoms with Crippen LogP contribution in [0.5, 0.6) is 5.75 Å². The molecule has 1 aromatic rings. The van der Waals surface area contributed by atoms with Gasteiger partial charge in [-0.05, 0) is 6.07 Å². The fourth-order valence-electron chi connectivity index (χ4n) is 2.06. The summed E-state index contributed by atoms with van der Waals surface area (Å²) >= 11 is 3.21. The number of ether oxygens (including phenoxy) is 3. The number of rotatable bonds is 7. The first-order valence-corrected chi connectivity index (χ1v) is 7.21. The van der Waals surface area contributed by atoms with Crippen molar-refractivity contribution in [3.63, 3.8) is 0 Å². The molecule has 3 unspecified atom stereocenters. The number of nitro groups is 1. The molecule has 0 amide bonds. The van der Waals surface area contributed by atoms with Gasteiger partial charge in [0.05, 0.1) is 30.3 Å². The minimum Gasteiger partial charge on any atom is -0.487 e. The van der Waals surface area contributed by atoms with Crippen molar-refractivity contribution >= 4 is 21.6 Å². The van der Waals surface area contributed by atoms with Crippen molar-refractivity contribution in [3.8, 4) is 5.75 Å². The lowest BCUT2D eigenvalue weighted by molar-refractivity contribution is -0.385. The zero-order valence-corrected chi connectivity index (χ0v) is 13.0. The fraction of sp³-hybridized carbons (Fsp3) is 0.538. The molecular weight excluding hydrogens is 346 g/mol. The number of nitrogens with zero attached hydrogens (tertiary/aromatic N) is 1. The third kappa shape index (κ3) is 4.13. The van der Waals surface area contributed by atoms with Crippen LogP contribution in [0.25, 0.3) is 0 Å². The van der Waals surface area contributed by atoms with Crippen molar-refractivity contribution in [3.05, 3.63) is 32.8 Å². The zero-order chi connectivity index (χ0) is 15.4. The van der Waals surface area contributed by atoms with Gasteiger partial charge in [0.25, 0.3) is 5.69 Å². The second-order valence-electron chi connectivity index (χ2n) is 4.69. The van der Waals surface area contributed by atoms with Crippen LogP contribution < -0.4 is 4.74 Å². The summed E-state index contributed by atoms with van der Waals surface area (Å²) in [6.07, 6.45) is -0.934. The van der Waals surface area contributed by atoms with Gasteiger partial charge in [0.15, 0.2) is 0 Å². The lowest BCUT2D eigenvalue weighted by Gasteiger charge is -2.40. The number of aliphatic hydroxyl groups excluding tert-OH is 1. The van der Waals surface area contributed by atoms with Crippen LogP contribution in [0, 0.1) is 10.1 Å². The van der Waals surface area contributed by atoms with E-state index in [1.165, 1.54) is 12.1 Å². The van der Waals surface area contributed by atoms with Crippen molar-refractivity contribution < 1.29 is 24.2 Å². The molecule has 1 N–H and O–H groups in total. The Balaban J connectivity index is 1.99. The third-order valence-electron chi connectivity index (χ3n) is 3.17. The minimum absolute atomic E-state index is 0.0592. The van der Waals surface area contributed by atoms with Gasteiger partial charge in [0.1, 0.15) is 18.0 Å². The molecule has 0 aliphatic heterocycles. The molecule has 0 heterocycles. The van der Waals surface area contributed by atoms with Crippen LogP contribution in [0.3, 0.4) is 0 Å². The molecule has 0 saturated heterocycles. The number of non-ortho nitro benzene ring substituents is 1. The van der Waals surface area contributed by atoms with Crippen molar-refractivity contribution in [2.45, 2.75) is 24.7 Å². The van der Waals surface area contributed by atoms with Gasteiger partial charge >= 0.3 is 0 Å². The second kappa shape index (κ2) is 7.17. The van der Waals surface area contributed by atoms with Gasteiger partial charge in [-0.1, -0.05) is 15.9 Å². The SMILES string of the molecule is COCCOC1C(O)CC1Oc1cc(Br)cc([N+](=O)[O-])c1. The number of methoxy groups -OCH3 is 1.